The molecule has 0 aliphatic heterocycles. The van der Waals surface area contributed by atoms with Crippen molar-refractivity contribution in [2.45, 2.75) is 66.1 Å². The molecular formula is C23H28F2I2O2. The molecule has 0 spiro atoms. The fourth-order valence-electron chi connectivity index (χ4n) is 3.67. The van der Waals surface area contributed by atoms with Gasteiger partial charge in [-0.2, -0.15) is 0 Å². The molecule has 160 valence electrons. The first kappa shape index (κ1) is 24.6. The molecule has 0 bridgehead atoms. The molecule has 0 aliphatic carbocycles. The van der Waals surface area contributed by atoms with Gasteiger partial charge in [-0.3, -0.25) is 0 Å². The van der Waals surface area contributed by atoms with Crippen molar-refractivity contribution >= 4 is 45.2 Å². The minimum Gasteiger partial charge on any atom is -0.508 e. The Morgan fingerprint density at radius 2 is 1.24 bits per heavy atom. The standard InChI is InChI=1S/C23H28F2I2O2/c1-4-6-21(24)17-12-15(28)8-10-19(17)23(27,14(3)26)20-11-9-16(29)13-18(20)22(25)7-5-2/h8-14,21-22,28-29H,4-7H2,1-3H3. The second-order valence-electron chi connectivity index (χ2n) is 7.38. The number of phenolic OH excluding ortho intramolecular Hbond substituents is 2. The normalized spacial score (nSPS) is 16.8. The first-order chi connectivity index (χ1) is 13.7. The summed E-state index contributed by atoms with van der Waals surface area (Å²) in [6, 6.07) is 9.59. The van der Waals surface area contributed by atoms with Crippen molar-refractivity contribution in [2.75, 3.05) is 0 Å². The smallest absolute Gasteiger partial charge is 0.126 e. The van der Waals surface area contributed by atoms with Crippen LogP contribution in [-0.2, 0) is 3.42 Å². The Kier molecular flexibility index (Phi) is 9.00. The molecule has 6 heteroatoms. The van der Waals surface area contributed by atoms with E-state index in [-0.39, 0.29) is 15.4 Å². The molecule has 2 nitrogen and oxygen atoms in total. The van der Waals surface area contributed by atoms with Gasteiger partial charge >= 0.3 is 0 Å². The Balaban J connectivity index is 2.78. The van der Waals surface area contributed by atoms with Crippen LogP contribution in [0.4, 0.5) is 8.78 Å². The largest absolute Gasteiger partial charge is 0.508 e. The van der Waals surface area contributed by atoms with Crippen LogP contribution in [-0.4, -0.2) is 14.1 Å². The zero-order valence-corrected chi connectivity index (χ0v) is 21.2. The van der Waals surface area contributed by atoms with Crippen molar-refractivity contribution in [3.05, 3.63) is 58.7 Å². The third-order valence-electron chi connectivity index (χ3n) is 5.16. The van der Waals surface area contributed by atoms with Gasteiger partial charge in [0.15, 0.2) is 0 Å². The lowest BCUT2D eigenvalue weighted by molar-refractivity contribution is 0.313. The van der Waals surface area contributed by atoms with E-state index in [9.17, 15) is 10.2 Å². The van der Waals surface area contributed by atoms with Crippen molar-refractivity contribution in [3.8, 4) is 11.5 Å². The second kappa shape index (κ2) is 10.6. The van der Waals surface area contributed by atoms with E-state index < -0.39 is 15.8 Å². The summed E-state index contributed by atoms with van der Waals surface area (Å²) in [6.45, 7) is 5.86. The maximum absolute atomic E-state index is 15.1. The van der Waals surface area contributed by atoms with Gasteiger partial charge < -0.3 is 10.2 Å². The number of hydrogen-bond donors (Lipinski definition) is 2. The summed E-state index contributed by atoms with van der Waals surface area (Å²) in [7, 11) is 0. The molecule has 0 radical (unpaired) electrons. The number of halogens is 4. The van der Waals surface area contributed by atoms with Crippen LogP contribution in [0.5, 0.6) is 11.5 Å². The first-order valence-electron chi connectivity index (χ1n) is 9.94. The molecule has 3 unspecified atom stereocenters. The van der Waals surface area contributed by atoms with Crippen LogP contribution in [0.2, 0.25) is 0 Å². The van der Waals surface area contributed by atoms with Crippen LogP contribution in [0, 0.1) is 0 Å². The number of benzene rings is 2. The Bertz CT molecular complexity index is 765. The second-order valence-corrected chi connectivity index (χ2v) is 11.0. The average Bonchev–Trinajstić information content (AvgIpc) is 2.67. The highest BCUT2D eigenvalue weighted by Crippen LogP contribution is 2.52. The van der Waals surface area contributed by atoms with E-state index in [1.165, 1.54) is 12.1 Å². The highest BCUT2D eigenvalue weighted by molar-refractivity contribution is 14.1. The number of phenols is 2. The van der Waals surface area contributed by atoms with Gasteiger partial charge in [-0.15, -0.1) is 0 Å². The van der Waals surface area contributed by atoms with E-state index in [0.717, 1.165) is 11.1 Å². The zero-order chi connectivity index (χ0) is 21.8. The molecule has 2 rings (SSSR count). The molecule has 3 atom stereocenters. The number of hydrogen-bond acceptors (Lipinski definition) is 2. The molecule has 0 saturated carbocycles. The summed E-state index contributed by atoms with van der Waals surface area (Å²) in [5, 5.41) is 20.0. The molecule has 0 amide bonds. The van der Waals surface area contributed by atoms with Gasteiger partial charge in [-0.05, 0) is 59.4 Å². The van der Waals surface area contributed by atoms with Crippen LogP contribution in [0.3, 0.4) is 0 Å². The van der Waals surface area contributed by atoms with E-state index in [0.29, 0.717) is 36.8 Å². The minimum absolute atomic E-state index is 0.0163. The Morgan fingerprint density at radius 1 is 0.862 bits per heavy atom. The molecule has 2 aromatic rings. The zero-order valence-electron chi connectivity index (χ0n) is 16.9. The third kappa shape index (κ3) is 5.35. The van der Waals surface area contributed by atoms with E-state index >= 15 is 8.78 Å². The van der Waals surface area contributed by atoms with Crippen molar-refractivity contribution < 1.29 is 19.0 Å². The van der Waals surface area contributed by atoms with Crippen LogP contribution in [0.15, 0.2) is 36.4 Å². The molecule has 0 fully saturated rings. The monoisotopic (exact) mass is 628 g/mol. The highest BCUT2D eigenvalue weighted by Gasteiger charge is 2.41. The summed E-state index contributed by atoms with van der Waals surface area (Å²) >= 11 is 4.58. The van der Waals surface area contributed by atoms with Crippen LogP contribution < -0.4 is 0 Å². The lowest BCUT2D eigenvalue weighted by Gasteiger charge is -2.36. The van der Waals surface area contributed by atoms with Crippen molar-refractivity contribution in [3.63, 3.8) is 0 Å². The van der Waals surface area contributed by atoms with Crippen LogP contribution >= 0.6 is 45.2 Å². The summed E-state index contributed by atoms with van der Waals surface area (Å²) in [5.41, 5.74) is 2.34. The Labute approximate surface area is 199 Å². The quantitative estimate of drug-likeness (QED) is 0.217. The topological polar surface area (TPSA) is 40.5 Å². The van der Waals surface area contributed by atoms with Crippen molar-refractivity contribution in [1.29, 1.82) is 0 Å². The van der Waals surface area contributed by atoms with E-state index in [2.05, 4.69) is 45.2 Å². The van der Waals surface area contributed by atoms with Gasteiger partial charge in [-0.1, -0.05) is 90.9 Å². The van der Waals surface area contributed by atoms with Crippen molar-refractivity contribution in [1.82, 2.24) is 0 Å². The molecule has 2 N–H and O–H groups in total. The van der Waals surface area contributed by atoms with Crippen molar-refractivity contribution in [2.24, 2.45) is 0 Å². The number of alkyl halides is 4. The molecule has 0 saturated heterocycles. The van der Waals surface area contributed by atoms with E-state index in [4.69, 9.17) is 0 Å². The van der Waals surface area contributed by atoms with Crippen LogP contribution in [0.1, 0.15) is 81.1 Å². The minimum atomic E-state index is -1.22. The summed E-state index contributed by atoms with van der Waals surface area (Å²) < 4.78 is 29.4. The molecule has 0 aliphatic rings. The fourth-order valence-corrected chi connectivity index (χ4v) is 5.33. The SMILES string of the molecule is CCCC(F)c1cc(O)ccc1C(I)(c1ccc(O)cc1C(F)CCC)C(C)I. The fraction of sp³-hybridized carbons (Fsp3) is 0.478. The number of aromatic hydroxyl groups is 2. The predicted octanol–water partition coefficient (Wildman–Crippen LogP) is 8.22. The van der Waals surface area contributed by atoms with Gasteiger partial charge in [-0.25, -0.2) is 8.78 Å². The maximum Gasteiger partial charge on any atom is 0.126 e. The highest BCUT2D eigenvalue weighted by atomic mass is 127. The first-order valence-corrected chi connectivity index (χ1v) is 12.3. The lowest BCUT2D eigenvalue weighted by Crippen LogP contribution is -2.31. The molecule has 29 heavy (non-hydrogen) atoms. The Hall–Kier alpha value is -0.640. The predicted molar refractivity (Wildman–Crippen MR) is 132 cm³/mol. The van der Waals surface area contributed by atoms with Gasteiger partial charge in [0.05, 0.1) is 3.42 Å². The van der Waals surface area contributed by atoms with Gasteiger partial charge in [0.1, 0.15) is 23.8 Å². The Morgan fingerprint density at radius 3 is 1.55 bits per heavy atom. The van der Waals surface area contributed by atoms with E-state index in [1.54, 1.807) is 24.3 Å². The van der Waals surface area contributed by atoms with Gasteiger partial charge in [0, 0.05) is 3.92 Å². The van der Waals surface area contributed by atoms with Crippen LogP contribution in [0.25, 0.3) is 0 Å². The summed E-state index contributed by atoms with van der Waals surface area (Å²) in [5.74, 6) is 0.0327. The molecule has 0 heterocycles. The average molecular weight is 628 g/mol. The lowest BCUT2D eigenvalue weighted by atomic mass is 9.81. The third-order valence-corrected chi connectivity index (χ3v) is 9.38. The maximum atomic E-state index is 15.1. The molecule has 2 aromatic carbocycles. The van der Waals surface area contributed by atoms with Gasteiger partial charge in [0.25, 0.3) is 0 Å². The van der Waals surface area contributed by atoms with E-state index in [1.807, 2.05) is 20.8 Å². The summed E-state index contributed by atoms with van der Waals surface area (Å²) in [6.07, 6.45) is -0.381. The molecule has 0 aromatic heterocycles. The number of rotatable bonds is 9. The molecular weight excluding hydrogens is 600 g/mol. The van der Waals surface area contributed by atoms with Gasteiger partial charge in [0.2, 0.25) is 0 Å². The summed E-state index contributed by atoms with van der Waals surface area (Å²) in [4.78, 5) is 0.